The van der Waals surface area contributed by atoms with E-state index in [-0.39, 0.29) is 22.9 Å². The Morgan fingerprint density at radius 3 is 2.56 bits per heavy atom. The molecular formula is C14H13ClO3. The lowest BCUT2D eigenvalue weighted by Gasteiger charge is -2.12. The summed E-state index contributed by atoms with van der Waals surface area (Å²) in [6.45, 7) is 3.82. The molecule has 0 aliphatic heterocycles. The molecule has 0 saturated heterocycles. The molecule has 0 spiro atoms. The highest BCUT2D eigenvalue weighted by Gasteiger charge is 2.18. The summed E-state index contributed by atoms with van der Waals surface area (Å²) in [5.41, 5.74) is 0.470. The molecule has 18 heavy (non-hydrogen) atoms. The molecule has 0 atom stereocenters. The van der Waals surface area contributed by atoms with Gasteiger partial charge in [0.2, 0.25) is 5.78 Å². The van der Waals surface area contributed by atoms with Crippen LogP contribution in [-0.2, 0) is 0 Å². The SMILES string of the molecule is CC(C)Oc1ccccc1C(=O)c1ccc(Cl)o1. The number of carbonyl (C=O) groups excluding carboxylic acids is 1. The number of furan rings is 1. The van der Waals surface area contributed by atoms with Gasteiger partial charge in [-0.3, -0.25) is 4.79 Å². The van der Waals surface area contributed by atoms with E-state index in [1.165, 1.54) is 0 Å². The average Bonchev–Trinajstić information content (AvgIpc) is 2.75. The average molecular weight is 265 g/mol. The number of ketones is 1. The molecule has 0 aliphatic rings. The van der Waals surface area contributed by atoms with Crippen molar-refractivity contribution in [1.82, 2.24) is 0 Å². The summed E-state index contributed by atoms with van der Waals surface area (Å²) in [7, 11) is 0. The van der Waals surface area contributed by atoms with Crippen LogP contribution in [0.5, 0.6) is 5.75 Å². The van der Waals surface area contributed by atoms with Crippen molar-refractivity contribution in [2.75, 3.05) is 0 Å². The number of rotatable bonds is 4. The molecule has 0 radical (unpaired) electrons. The molecule has 1 heterocycles. The smallest absolute Gasteiger partial charge is 0.231 e. The number of benzene rings is 1. The molecule has 3 nitrogen and oxygen atoms in total. The topological polar surface area (TPSA) is 39.4 Å². The second kappa shape index (κ2) is 5.27. The van der Waals surface area contributed by atoms with E-state index in [9.17, 15) is 4.79 Å². The molecule has 1 aromatic carbocycles. The Balaban J connectivity index is 2.35. The van der Waals surface area contributed by atoms with Crippen LogP contribution in [0, 0.1) is 0 Å². The lowest BCUT2D eigenvalue weighted by Crippen LogP contribution is -2.10. The molecule has 4 heteroatoms. The maximum atomic E-state index is 12.2. The molecule has 2 rings (SSSR count). The van der Waals surface area contributed by atoms with Gasteiger partial charge in [-0.15, -0.1) is 0 Å². The maximum Gasteiger partial charge on any atom is 0.231 e. The second-order valence-corrected chi connectivity index (χ2v) is 4.47. The van der Waals surface area contributed by atoms with Gasteiger partial charge in [0.1, 0.15) is 5.75 Å². The summed E-state index contributed by atoms with van der Waals surface area (Å²) < 4.78 is 10.7. The zero-order chi connectivity index (χ0) is 13.1. The van der Waals surface area contributed by atoms with E-state index in [2.05, 4.69) is 0 Å². The van der Waals surface area contributed by atoms with Gasteiger partial charge >= 0.3 is 0 Å². The zero-order valence-corrected chi connectivity index (χ0v) is 10.9. The quantitative estimate of drug-likeness (QED) is 0.785. The molecule has 0 fully saturated rings. The maximum absolute atomic E-state index is 12.2. The van der Waals surface area contributed by atoms with E-state index in [4.69, 9.17) is 20.8 Å². The van der Waals surface area contributed by atoms with Gasteiger partial charge < -0.3 is 9.15 Å². The Morgan fingerprint density at radius 1 is 1.22 bits per heavy atom. The van der Waals surface area contributed by atoms with Crippen LogP contribution in [0.2, 0.25) is 5.22 Å². The Kier molecular flexibility index (Phi) is 3.72. The number of hydrogen-bond donors (Lipinski definition) is 0. The van der Waals surface area contributed by atoms with Crippen molar-refractivity contribution in [2.24, 2.45) is 0 Å². The van der Waals surface area contributed by atoms with Gasteiger partial charge in [-0.2, -0.15) is 0 Å². The number of halogens is 1. The third-order valence-corrected chi connectivity index (χ3v) is 2.49. The van der Waals surface area contributed by atoms with Crippen molar-refractivity contribution in [2.45, 2.75) is 20.0 Å². The van der Waals surface area contributed by atoms with E-state index in [1.807, 2.05) is 19.9 Å². The molecule has 1 aromatic heterocycles. The summed E-state index contributed by atoms with van der Waals surface area (Å²) in [5.74, 6) is 0.517. The van der Waals surface area contributed by atoms with E-state index >= 15 is 0 Å². The second-order valence-electron chi connectivity index (χ2n) is 4.10. The molecule has 0 unspecified atom stereocenters. The van der Waals surface area contributed by atoms with Crippen molar-refractivity contribution in [3.05, 3.63) is 52.9 Å². The highest BCUT2D eigenvalue weighted by Crippen LogP contribution is 2.24. The zero-order valence-electron chi connectivity index (χ0n) is 10.1. The fourth-order valence-electron chi connectivity index (χ4n) is 1.58. The van der Waals surface area contributed by atoms with Crippen LogP contribution in [0.4, 0.5) is 0 Å². The summed E-state index contributed by atoms with van der Waals surface area (Å²) in [4.78, 5) is 12.2. The first-order valence-corrected chi connectivity index (χ1v) is 6.01. The molecule has 94 valence electrons. The van der Waals surface area contributed by atoms with Gasteiger partial charge in [0.25, 0.3) is 0 Å². The van der Waals surface area contributed by atoms with Gasteiger partial charge in [-0.1, -0.05) is 12.1 Å². The number of ether oxygens (including phenoxy) is 1. The molecule has 0 bridgehead atoms. The van der Waals surface area contributed by atoms with Crippen molar-refractivity contribution in [1.29, 1.82) is 0 Å². The Labute approximate surface area is 110 Å². The highest BCUT2D eigenvalue weighted by molar-refractivity contribution is 6.29. The van der Waals surface area contributed by atoms with Crippen molar-refractivity contribution < 1.29 is 13.9 Å². The van der Waals surface area contributed by atoms with Crippen LogP contribution in [0.1, 0.15) is 30.0 Å². The summed E-state index contributed by atoms with van der Waals surface area (Å²) in [5, 5.41) is 0.195. The van der Waals surface area contributed by atoms with Gasteiger partial charge in [0.15, 0.2) is 11.0 Å². The normalized spacial score (nSPS) is 10.7. The monoisotopic (exact) mass is 264 g/mol. The van der Waals surface area contributed by atoms with Gasteiger partial charge in [0.05, 0.1) is 11.7 Å². The van der Waals surface area contributed by atoms with E-state index < -0.39 is 0 Å². The number of carbonyl (C=O) groups is 1. The third kappa shape index (κ3) is 2.74. The fraction of sp³-hybridized carbons (Fsp3) is 0.214. The minimum absolute atomic E-state index is 0.000797. The van der Waals surface area contributed by atoms with Crippen molar-refractivity contribution in [3.63, 3.8) is 0 Å². The van der Waals surface area contributed by atoms with Crippen LogP contribution in [-0.4, -0.2) is 11.9 Å². The first-order valence-electron chi connectivity index (χ1n) is 5.63. The van der Waals surface area contributed by atoms with Crippen LogP contribution >= 0.6 is 11.6 Å². The molecular weight excluding hydrogens is 252 g/mol. The first kappa shape index (κ1) is 12.7. The molecule has 0 aliphatic carbocycles. The fourth-order valence-corrected chi connectivity index (χ4v) is 1.73. The minimum atomic E-state index is -0.238. The summed E-state index contributed by atoms with van der Waals surface area (Å²) in [6, 6.07) is 10.2. The molecule has 0 saturated carbocycles. The molecule has 0 amide bonds. The number of hydrogen-bond acceptors (Lipinski definition) is 3. The Morgan fingerprint density at radius 2 is 1.94 bits per heavy atom. The lowest BCUT2D eigenvalue weighted by atomic mass is 10.1. The van der Waals surface area contributed by atoms with Gasteiger partial charge in [0, 0.05) is 0 Å². The predicted molar refractivity (Wildman–Crippen MR) is 69.4 cm³/mol. The van der Waals surface area contributed by atoms with Crippen LogP contribution in [0.25, 0.3) is 0 Å². The lowest BCUT2D eigenvalue weighted by molar-refractivity contribution is 0.100. The third-order valence-electron chi connectivity index (χ3n) is 2.29. The van der Waals surface area contributed by atoms with Crippen LogP contribution in [0.3, 0.4) is 0 Å². The highest BCUT2D eigenvalue weighted by atomic mass is 35.5. The van der Waals surface area contributed by atoms with E-state index in [1.54, 1.807) is 30.3 Å². The van der Waals surface area contributed by atoms with Crippen LogP contribution in [0.15, 0.2) is 40.8 Å². The summed E-state index contributed by atoms with van der Waals surface area (Å²) in [6.07, 6.45) is -0.000797. The Bertz CT molecular complexity index is 558. The van der Waals surface area contributed by atoms with Crippen LogP contribution < -0.4 is 4.74 Å². The minimum Gasteiger partial charge on any atom is -0.490 e. The van der Waals surface area contributed by atoms with E-state index in [0.29, 0.717) is 11.3 Å². The van der Waals surface area contributed by atoms with E-state index in [0.717, 1.165) is 0 Å². The largest absolute Gasteiger partial charge is 0.490 e. The summed E-state index contributed by atoms with van der Waals surface area (Å²) >= 11 is 5.67. The Hall–Kier alpha value is -1.74. The molecule has 2 aromatic rings. The van der Waals surface area contributed by atoms with Gasteiger partial charge in [-0.05, 0) is 49.7 Å². The molecule has 0 N–H and O–H groups in total. The van der Waals surface area contributed by atoms with Crippen molar-refractivity contribution >= 4 is 17.4 Å². The standard InChI is InChI=1S/C14H13ClO3/c1-9(2)17-11-6-4-3-5-10(11)14(16)12-7-8-13(15)18-12/h3-9H,1-2H3. The van der Waals surface area contributed by atoms with Gasteiger partial charge in [-0.25, -0.2) is 0 Å². The number of para-hydroxylation sites is 1. The predicted octanol–water partition coefficient (Wildman–Crippen LogP) is 3.95. The van der Waals surface area contributed by atoms with Crippen molar-refractivity contribution in [3.8, 4) is 5.75 Å². The first-order chi connectivity index (χ1) is 8.58.